The van der Waals surface area contributed by atoms with Gasteiger partial charge in [0.1, 0.15) is 19.0 Å². The van der Waals surface area contributed by atoms with Crippen molar-refractivity contribution in [1.82, 2.24) is 0 Å². The third kappa shape index (κ3) is 3.14. The van der Waals surface area contributed by atoms with Gasteiger partial charge in [0.15, 0.2) is 11.5 Å². The van der Waals surface area contributed by atoms with Crippen molar-refractivity contribution in [3.8, 4) is 17.2 Å². The van der Waals surface area contributed by atoms with E-state index in [2.05, 4.69) is 18.2 Å². The van der Waals surface area contributed by atoms with Crippen molar-refractivity contribution in [2.75, 3.05) is 20.3 Å². The third-order valence-corrected chi connectivity index (χ3v) is 3.42. The lowest BCUT2D eigenvalue weighted by Gasteiger charge is -2.12. The van der Waals surface area contributed by atoms with E-state index in [1.165, 1.54) is 5.39 Å². The van der Waals surface area contributed by atoms with E-state index < -0.39 is 0 Å². The minimum atomic E-state index is 0.462. The number of fused-ring (bicyclic) bond motifs is 1. The van der Waals surface area contributed by atoms with Crippen LogP contribution in [0, 0.1) is 0 Å². The molecular formula is C19H18O3. The van der Waals surface area contributed by atoms with Crippen molar-refractivity contribution in [3.05, 3.63) is 66.7 Å². The van der Waals surface area contributed by atoms with Gasteiger partial charge in [-0.2, -0.15) is 0 Å². The van der Waals surface area contributed by atoms with Gasteiger partial charge in [-0.25, -0.2) is 0 Å². The van der Waals surface area contributed by atoms with Gasteiger partial charge >= 0.3 is 0 Å². The molecule has 0 N–H and O–H groups in total. The largest absolute Gasteiger partial charge is 0.493 e. The molecule has 3 heteroatoms. The van der Waals surface area contributed by atoms with Crippen molar-refractivity contribution in [2.45, 2.75) is 0 Å². The minimum absolute atomic E-state index is 0.462. The molecule has 3 rings (SSSR count). The van der Waals surface area contributed by atoms with E-state index in [0.29, 0.717) is 13.2 Å². The van der Waals surface area contributed by atoms with Crippen LogP contribution in [-0.2, 0) is 0 Å². The summed E-state index contributed by atoms with van der Waals surface area (Å²) in [6.07, 6.45) is 0. The smallest absolute Gasteiger partial charge is 0.161 e. The third-order valence-electron chi connectivity index (χ3n) is 3.42. The molecule has 0 unspecified atom stereocenters. The van der Waals surface area contributed by atoms with Crippen LogP contribution in [0.1, 0.15) is 0 Å². The predicted molar refractivity (Wildman–Crippen MR) is 87.9 cm³/mol. The van der Waals surface area contributed by atoms with Crippen molar-refractivity contribution in [1.29, 1.82) is 0 Å². The number of hydrogen-bond donors (Lipinski definition) is 0. The average Bonchev–Trinajstić information content (AvgIpc) is 2.59. The van der Waals surface area contributed by atoms with Crippen molar-refractivity contribution >= 4 is 10.8 Å². The monoisotopic (exact) mass is 294 g/mol. The summed E-state index contributed by atoms with van der Waals surface area (Å²) in [5.74, 6) is 2.33. The maximum atomic E-state index is 5.85. The van der Waals surface area contributed by atoms with Crippen LogP contribution in [-0.4, -0.2) is 20.3 Å². The first-order valence-corrected chi connectivity index (χ1v) is 7.25. The summed E-state index contributed by atoms with van der Waals surface area (Å²) in [5.41, 5.74) is 0. The number of ether oxygens (including phenoxy) is 3. The molecule has 22 heavy (non-hydrogen) atoms. The molecule has 0 saturated heterocycles. The quantitative estimate of drug-likeness (QED) is 0.634. The molecule has 0 amide bonds. The van der Waals surface area contributed by atoms with E-state index in [1.54, 1.807) is 7.11 Å². The van der Waals surface area contributed by atoms with Gasteiger partial charge < -0.3 is 14.2 Å². The zero-order valence-electron chi connectivity index (χ0n) is 12.5. The number of methoxy groups -OCH3 is 1. The molecule has 0 atom stereocenters. The van der Waals surface area contributed by atoms with Crippen molar-refractivity contribution in [3.63, 3.8) is 0 Å². The molecule has 0 heterocycles. The van der Waals surface area contributed by atoms with Gasteiger partial charge in [0, 0.05) is 5.39 Å². The van der Waals surface area contributed by atoms with Crippen LogP contribution >= 0.6 is 0 Å². The Labute approximate surface area is 130 Å². The first-order valence-electron chi connectivity index (χ1n) is 7.25. The van der Waals surface area contributed by atoms with Gasteiger partial charge in [-0.1, -0.05) is 48.5 Å². The maximum absolute atomic E-state index is 5.85. The normalized spacial score (nSPS) is 10.4. The van der Waals surface area contributed by atoms with E-state index in [-0.39, 0.29) is 0 Å². The number of para-hydroxylation sites is 2. The predicted octanol–water partition coefficient (Wildman–Crippen LogP) is 4.31. The van der Waals surface area contributed by atoms with E-state index >= 15 is 0 Å². The molecule has 0 aliphatic rings. The second-order valence-corrected chi connectivity index (χ2v) is 4.83. The second-order valence-electron chi connectivity index (χ2n) is 4.83. The number of rotatable bonds is 6. The van der Waals surface area contributed by atoms with Gasteiger partial charge in [-0.15, -0.1) is 0 Å². The molecule has 0 aliphatic heterocycles. The Morgan fingerprint density at radius 3 is 2.05 bits per heavy atom. The van der Waals surface area contributed by atoms with Crippen LogP contribution in [0.15, 0.2) is 66.7 Å². The molecule has 0 saturated carbocycles. The van der Waals surface area contributed by atoms with Crippen molar-refractivity contribution in [2.24, 2.45) is 0 Å². The second kappa shape index (κ2) is 6.85. The first kappa shape index (κ1) is 14.3. The highest BCUT2D eigenvalue weighted by Crippen LogP contribution is 2.27. The maximum Gasteiger partial charge on any atom is 0.161 e. The van der Waals surface area contributed by atoms with E-state index in [4.69, 9.17) is 14.2 Å². The fourth-order valence-corrected chi connectivity index (χ4v) is 2.36. The molecule has 0 fully saturated rings. The Morgan fingerprint density at radius 2 is 1.23 bits per heavy atom. The zero-order valence-corrected chi connectivity index (χ0v) is 12.5. The zero-order chi connectivity index (χ0) is 15.2. The Hall–Kier alpha value is -2.68. The lowest BCUT2D eigenvalue weighted by Crippen LogP contribution is -2.09. The van der Waals surface area contributed by atoms with Crippen LogP contribution in [0.3, 0.4) is 0 Å². The van der Waals surface area contributed by atoms with Crippen molar-refractivity contribution < 1.29 is 14.2 Å². The molecule has 0 radical (unpaired) electrons. The molecule has 0 bridgehead atoms. The summed E-state index contributed by atoms with van der Waals surface area (Å²) < 4.78 is 16.8. The van der Waals surface area contributed by atoms with E-state index in [9.17, 15) is 0 Å². The molecule has 3 aromatic rings. The van der Waals surface area contributed by atoms with Crippen LogP contribution < -0.4 is 14.2 Å². The van der Waals surface area contributed by atoms with Gasteiger partial charge in [-0.3, -0.25) is 0 Å². The molecule has 3 aromatic carbocycles. The highest BCUT2D eigenvalue weighted by atomic mass is 16.5. The van der Waals surface area contributed by atoms with Crippen LogP contribution in [0.25, 0.3) is 10.8 Å². The Bertz CT molecular complexity index is 747. The lowest BCUT2D eigenvalue weighted by molar-refractivity contribution is 0.213. The fraction of sp³-hybridized carbons (Fsp3) is 0.158. The molecule has 0 spiro atoms. The Balaban J connectivity index is 1.61. The Morgan fingerprint density at radius 1 is 0.636 bits per heavy atom. The van der Waals surface area contributed by atoms with Gasteiger partial charge in [-0.05, 0) is 23.6 Å². The summed E-state index contributed by atoms with van der Waals surface area (Å²) in [4.78, 5) is 0. The molecule has 3 nitrogen and oxygen atoms in total. The molecule has 0 aliphatic carbocycles. The van der Waals surface area contributed by atoms with Gasteiger partial charge in [0.25, 0.3) is 0 Å². The van der Waals surface area contributed by atoms with E-state index in [0.717, 1.165) is 22.6 Å². The van der Waals surface area contributed by atoms with Crippen LogP contribution in [0.5, 0.6) is 17.2 Å². The standard InChI is InChI=1S/C19H18O3/c1-20-18-10-4-5-11-19(18)22-14-13-21-17-12-6-8-15-7-2-3-9-16(15)17/h2-12H,13-14H2,1H3. The highest BCUT2D eigenvalue weighted by molar-refractivity contribution is 5.88. The fourth-order valence-electron chi connectivity index (χ4n) is 2.36. The number of benzene rings is 3. The minimum Gasteiger partial charge on any atom is -0.493 e. The molecular weight excluding hydrogens is 276 g/mol. The summed E-state index contributed by atoms with van der Waals surface area (Å²) in [6, 6.07) is 21.8. The summed E-state index contributed by atoms with van der Waals surface area (Å²) in [5, 5.41) is 2.29. The summed E-state index contributed by atoms with van der Waals surface area (Å²) in [6.45, 7) is 0.940. The lowest BCUT2D eigenvalue weighted by atomic mass is 10.1. The Kier molecular flexibility index (Phi) is 4.44. The SMILES string of the molecule is COc1ccccc1OCCOc1cccc2ccccc12. The molecule has 0 aromatic heterocycles. The highest BCUT2D eigenvalue weighted by Gasteiger charge is 2.04. The van der Waals surface area contributed by atoms with Crippen LogP contribution in [0.4, 0.5) is 0 Å². The summed E-state index contributed by atoms with van der Waals surface area (Å²) >= 11 is 0. The average molecular weight is 294 g/mol. The van der Waals surface area contributed by atoms with Gasteiger partial charge in [0.05, 0.1) is 7.11 Å². The first-order chi connectivity index (χ1) is 10.9. The summed E-state index contributed by atoms with van der Waals surface area (Å²) in [7, 11) is 1.63. The topological polar surface area (TPSA) is 27.7 Å². The van der Waals surface area contributed by atoms with Crippen LogP contribution in [0.2, 0.25) is 0 Å². The number of hydrogen-bond acceptors (Lipinski definition) is 3. The van der Waals surface area contributed by atoms with E-state index in [1.807, 2.05) is 48.5 Å². The van der Waals surface area contributed by atoms with Gasteiger partial charge in [0.2, 0.25) is 0 Å². The molecule has 112 valence electrons.